The summed E-state index contributed by atoms with van der Waals surface area (Å²) >= 11 is 0. The van der Waals surface area contributed by atoms with Gasteiger partial charge in [-0.05, 0) is 17.7 Å². The first-order valence-corrected chi connectivity index (χ1v) is 6.41. The Bertz CT molecular complexity index is 612. The maximum absolute atomic E-state index is 11.6. The first-order valence-electron chi connectivity index (χ1n) is 6.41. The predicted molar refractivity (Wildman–Crippen MR) is 79.7 cm³/mol. The lowest BCUT2D eigenvalue weighted by Gasteiger charge is -2.11. The minimum absolute atomic E-state index is 0.223. The van der Waals surface area contributed by atoms with Crippen molar-refractivity contribution in [1.29, 1.82) is 0 Å². The summed E-state index contributed by atoms with van der Waals surface area (Å²) in [6.45, 7) is 0.367. The Balaban J connectivity index is 1.86. The molecular formula is C17H16N2O. The van der Waals surface area contributed by atoms with Gasteiger partial charge in [0.05, 0.1) is 0 Å². The number of nitrogens with one attached hydrogen (secondary N) is 1. The van der Waals surface area contributed by atoms with Gasteiger partial charge >= 0.3 is 0 Å². The van der Waals surface area contributed by atoms with Crippen molar-refractivity contribution >= 4 is 5.91 Å². The van der Waals surface area contributed by atoms with E-state index in [1.165, 1.54) is 0 Å². The lowest BCUT2D eigenvalue weighted by Crippen LogP contribution is -2.30. The van der Waals surface area contributed by atoms with Crippen LogP contribution >= 0.6 is 0 Å². The summed E-state index contributed by atoms with van der Waals surface area (Å²) in [5.41, 5.74) is 7.79. The predicted octanol–water partition coefficient (Wildman–Crippen LogP) is 1.85. The van der Waals surface area contributed by atoms with Crippen LogP contribution in [0.5, 0.6) is 0 Å². The van der Waals surface area contributed by atoms with Gasteiger partial charge < -0.3 is 11.1 Å². The van der Waals surface area contributed by atoms with Crippen LogP contribution in [0.1, 0.15) is 17.2 Å². The van der Waals surface area contributed by atoms with Crippen LogP contribution in [0.15, 0.2) is 60.7 Å². The number of nitrogens with two attached hydrogens (primary N) is 1. The smallest absolute Gasteiger partial charge is 0.296 e. The van der Waals surface area contributed by atoms with E-state index >= 15 is 0 Å². The van der Waals surface area contributed by atoms with Crippen molar-refractivity contribution in [3.05, 3.63) is 71.8 Å². The minimum Gasteiger partial charge on any atom is -0.343 e. The zero-order valence-corrected chi connectivity index (χ0v) is 11.0. The van der Waals surface area contributed by atoms with E-state index in [-0.39, 0.29) is 11.9 Å². The Labute approximate surface area is 118 Å². The standard InChI is InChI=1S/C17H16N2O/c18-16(15-9-5-2-6-10-15)13-19-17(20)12-11-14-7-3-1-4-8-14/h1-10,16H,13,18H2,(H,19,20). The van der Waals surface area contributed by atoms with E-state index in [0.717, 1.165) is 11.1 Å². The molecule has 2 aromatic rings. The zero-order valence-electron chi connectivity index (χ0n) is 11.0. The molecule has 1 amide bonds. The monoisotopic (exact) mass is 264 g/mol. The number of benzene rings is 2. The van der Waals surface area contributed by atoms with E-state index in [4.69, 9.17) is 5.73 Å². The largest absolute Gasteiger partial charge is 0.343 e. The van der Waals surface area contributed by atoms with Crippen LogP contribution in [-0.2, 0) is 4.79 Å². The van der Waals surface area contributed by atoms with E-state index in [1.54, 1.807) is 0 Å². The quantitative estimate of drug-likeness (QED) is 0.831. The maximum atomic E-state index is 11.6. The molecule has 100 valence electrons. The van der Waals surface area contributed by atoms with Gasteiger partial charge in [0, 0.05) is 24.1 Å². The highest BCUT2D eigenvalue weighted by atomic mass is 16.1. The molecule has 0 aliphatic rings. The lowest BCUT2D eigenvalue weighted by molar-refractivity contribution is -0.115. The Morgan fingerprint density at radius 3 is 2.30 bits per heavy atom. The number of rotatable bonds is 3. The fourth-order valence-electron chi connectivity index (χ4n) is 1.72. The topological polar surface area (TPSA) is 55.1 Å². The molecule has 0 radical (unpaired) electrons. The van der Waals surface area contributed by atoms with Gasteiger partial charge in [-0.25, -0.2) is 0 Å². The molecule has 0 aromatic heterocycles. The molecule has 0 saturated heterocycles. The van der Waals surface area contributed by atoms with Crippen molar-refractivity contribution < 1.29 is 4.79 Å². The van der Waals surface area contributed by atoms with Crippen LogP contribution in [0.2, 0.25) is 0 Å². The van der Waals surface area contributed by atoms with E-state index in [9.17, 15) is 4.79 Å². The minimum atomic E-state index is -0.319. The second-order valence-electron chi connectivity index (χ2n) is 4.34. The van der Waals surface area contributed by atoms with Crippen molar-refractivity contribution in [2.45, 2.75) is 6.04 Å². The molecule has 0 bridgehead atoms. The van der Waals surface area contributed by atoms with Crippen LogP contribution in [0.3, 0.4) is 0 Å². The molecule has 3 N–H and O–H groups in total. The summed E-state index contributed by atoms with van der Waals surface area (Å²) in [6, 6.07) is 18.8. The molecule has 20 heavy (non-hydrogen) atoms. The highest BCUT2D eigenvalue weighted by Crippen LogP contribution is 2.07. The average molecular weight is 264 g/mol. The van der Waals surface area contributed by atoms with Crippen LogP contribution < -0.4 is 11.1 Å². The number of carbonyl (C=O) groups is 1. The highest BCUT2D eigenvalue weighted by Gasteiger charge is 2.05. The Morgan fingerprint density at radius 2 is 1.65 bits per heavy atom. The van der Waals surface area contributed by atoms with Gasteiger partial charge in [-0.3, -0.25) is 4.79 Å². The highest BCUT2D eigenvalue weighted by molar-refractivity contribution is 5.94. The van der Waals surface area contributed by atoms with Gasteiger partial charge in [0.25, 0.3) is 5.91 Å². The van der Waals surface area contributed by atoms with Gasteiger partial charge in [-0.2, -0.15) is 0 Å². The van der Waals surface area contributed by atoms with Crippen molar-refractivity contribution in [3.8, 4) is 11.8 Å². The fraction of sp³-hybridized carbons (Fsp3) is 0.118. The number of carbonyl (C=O) groups excluding carboxylic acids is 1. The van der Waals surface area contributed by atoms with Crippen LogP contribution in [-0.4, -0.2) is 12.5 Å². The van der Waals surface area contributed by atoms with Gasteiger partial charge in [0.2, 0.25) is 0 Å². The lowest BCUT2D eigenvalue weighted by atomic mass is 10.1. The van der Waals surface area contributed by atoms with Crippen LogP contribution in [0.4, 0.5) is 0 Å². The summed E-state index contributed by atoms with van der Waals surface area (Å²) in [5.74, 6) is 5.04. The van der Waals surface area contributed by atoms with Gasteiger partial charge in [0.15, 0.2) is 0 Å². The molecule has 0 aliphatic heterocycles. The van der Waals surface area contributed by atoms with E-state index in [1.807, 2.05) is 60.7 Å². The van der Waals surface area contributed by atoms with Crippen molar-refractivity contribution in [2.75, 3.05) is 6.54 Å². The molecule has 0 spiro atoms. The maximum Gasteiger partial charge on any atom is 0.296 e. The molecule has 1 unspecified atom stereocenters. The fourth-order valence-corrected chi connectivity index (χ4v) is 1.72. The molecular weight excluding hydrogens is 248 g/mol. The number of hydrogen-bond acceptors (Lipinski definition) is 2. The van der Waals surface area contributed by atoms with Crippen molar-refractivity contribution in [3.63, 3.8) is 0 Å². The molecule has 0 saturated carbocycles. The number of amides is 1. The van der Waals surface area contributed by atoms with E-state index in [2.05, 4.69) is 17.2 Å². The molecule has 1 atom stereocenters. The first kappa shape index (κ1) is 13.9. The number of hydrogen-bond donors (Lipinski definition) is 2. The second kappa shape index (κ2) is 7.13. The van der Waals surface area contributed by atoms with Crippen molar-refractivity contribution in [1.82, 2.24) is 5.32 Å². The Hall–Kier alpha value is -2.57. The molecule has 0 heterocycles. The molecule has 0 fully saturated rings. The summed E-state index contributed by atoms with van der Waals surface area (Å²) < 4.78 is 0. The molecule has 3 nitrogen and oxygen atoms in total. The third-order valence-electron chi connectivity index (χ3n) is 2.80. The SMILES string of the molecule is NC(CNC(=O)C#Cc1ccccc1)c1ccccc1. The molecule has 2 aromatic carbocycles. The van der Waals surface area contributed by atoms with Gasteiger partial charge in [0.1, 0.15) is 0 Å². The van der Waals surface area contributed by atoms with Gasteiger partial charge in [-0.15, -0.1) is 0 Å². The first-order chi connectivity index (χ1) is 9.75. The Kier molecular flexibility index (Phi) is 4.94. The Morgan fingerprint density at radius 1 is 1.05 bits per heavy atom. The summed E-state index contributed by atoms with van der Waals surface area (Å²) in [5, 5.41) is 2.71. The molecule has 2 rings (SSSR count). The third-order valence-corrected chi connectivity index (χ3v) is 2.80. The third kappa shape index (κ3) is 4.27. The summed E-state index contributed by atoms with van der Waals surface area (Å²) in [6.07, 6.45) is 0. The summed E-state index contributed by atoms with van der Waals surface area (Å²) in [4.78, 5) is 11.6. The van der Waals surface area contributed by atoms with E-state index < -0.39 is 0 Å². The molecule has 3 heteroatoms. The second-order valence-corrected chi connectivity index (χ2v) is 4.34. The summed E-state index contributed by atoms with van der Waals surface area (Å²) in [7, 11) is 0. The van der Waals surface area contributed by atoms with Gasteiger partial charge in [-0.1, -0.05) is 54.5 Å². The van der Waals surface area contributed by atoms with E-state index in [0.29, 0.717) is 6.54 Å². The van der Waals surface area contributed by atoms with Crippen LogP contribution in [0, 0.1) is 11.8 Å². The molecule has 0 aliphatic carbocycles. The zero-order chi connectivity index (χ0) is 14.2. The average Bonchev–Trinajstić information content (AvgIpc) is 2.52. The normalized spacial score (nSPS) is 11.1. The van der Waals surface area contributed by atoms with Crippen molar-refractivity contribution in [2.24, 2.45) is 5.73 Å². The van der Waals surface area contributed by atoms with Crippen LogP contribution in [0.25, 0.3) is 0 Å².